The molecule has 9 nitrogen and oxygen atoms in total. The molecule has 3 heterocycles. The van der Waals surface area contributed by atoms with Crippen LogP contribution in [0.5, 0.6) is 11.6 Å². The molecule has 9 heteroatoms. The molecule has 0 saturated heterocycles. The molecule has 0 bridgehead atoms. The Bertz CT molecular complexity index is 1190. The molecule has 4 rings (SSSR count). The summed E-state index contributed by atoms with van der Waals surface area (Å²) in [5.74, 6) is 2.41. The van der Waals surface area contributed by atoms with E-state index in [9.17, 15) is 9.90 Å². The van der Waals surface area contributed by atoms with E-state index in [1.54, 1.807) is 51.6 Å². The van der Waals surface area contributed by atoms with Gasteiger partial charge in [-0.05, 0) is 44.7 Å². The van der Waals surface area contributed by atoms with Gasteiger partial charge in [-0.1, -0.05) is 6.07 Å². The van der Waals surface area contributed by atoms with Crippen molar-refractivity contribution in [2.45, 2.75) is 45.1 Å². The van der Waals surface area contributed by atoms with Crippen LogP contribution >= 0.6 is 0 Å². The number of ether oxygens (including phenoxy) is 2. The van der Waals surface area contributed by atoms with Gasteiger partial charge in [0.15, 0.2) is 11.6 Å². The summed E-state index contributed by atoms with van der Waals surface area (Å²) in [6.07, 6.45) is 6.34. The first kappa shape index (κ1) is 24.5. The van der Waals surface area contributed by atoms with Crippen molar-refractivity contribution in [3.8, 4) is 23.1 Å². The maximum Gasteiger partial charge on any atom is 0.212 e. The molecule has 184 valence electrons. The van der Waals surface area contributed by atoms with Gasteiger partial charge in [0.2, 0.25) is 5.88 Å². The summed E-state index contributed by atoms with van der Waals surface area (Å²) in [6.45, 7) is 3.75. The van der Waals surface area contributed by atoms with E-state index in [0.717, 1.165) is 41.9 Å². The molecule has 35 heavy (non-hydrogen) atoms. The Labute approximate surface area is 205 Å². The zero-order valence-electron chi connectivity index (χ0n) is 20.6. The fraction of sp³-hybridized carbons (Fsp3) is 0.423. The lowest BCUT2D eigenvalue weighted by Gasteiger charge is -2.21. The Kier molecular flexibility index (Phi) is 7.25. The number of nitrogens with zero attached hydrogens (tertiary/aromatic N) is 5. The van der Waals surface area contributed by atoms with Crippen LogP contribution in [0, 0.1) is 0 Å². The largest absolute Gasteiger partial charge is 0.490 e. The molecule has 0 saturated carbocycles. The summed E-state index contributed by atoms with van der Waals surface area (Å²) >= 11 is 0. The van der Waals surface area contributed by atoms with Gasteiger partial charge in [0.25, 0.3) is 0 Å². The highest BCUT2D eigenvalue weighted by molar-refractivity contribution is 5.85. The van der Waals surface area contributed by atoms with E-state index in [1.807, 2.05) is 18.0 Å². The molecule has 3 aromatic rings. The van der Waals surface area contributed by atoms with Crippen molar-refractivity contribution in [3.05, 3.63) is 53.5 Å². The number of hydrogen-bond donors (Lipinski definition) is 1. The average Bonchev–Trinajstić information content (AvgIpc) is 3.31. The van der Waals surface area contributed by atoms with Gasteiger partial charge in [-0.3, -0.25) is 9.78 Å². The van der Waals surface area contributed by atoms with E-state index in [4.69, 9.17) is 19.4 Å². The number of hydrogen-bond acceptors (Lipinski definition) is 9. The molecule has 3 aromatic heterocycles. The minimum Gasteiger partial charge on any atom is -0.490 e. The van der Waals surface area contributed by atoms with Crippen LogP contribution in [0.15, 0.2) is 36.7 Å². The van der Waals surface area contributed by atoms with Gasteiger partial charge < -0.3 is 19.5 Å². The Hall–Kier alpha value is -3.59. The van der Waals surface area contributed by atoms with Gasteiger partial charge in [0, 0.05) is 49.3 Å². The number of ketones is 1. The maximum absolute atomic E-state index is 12.8. The summed E-state index contributed by atoms with van der Waals surface area (Å²) in [4.78, 5) is 32.9. The average molecular weight is 478 g/mol. The van der Waals surface area contributed by atoms with Crippen LogP contribution < -0.4 is 14.4 Å². The molecule has 1 N–H and O–H groups in total. The van der Waals surface area contributed by atoms with E-state index >= 15 is 0 Å². The van der Waals surface area contributed by atoms with E-state index < -0.39 is 5.60 Å². The smallest absolute Gasteiger partial charge is 0.212 e. The number of carbonyl (C=O) groups excluding carboxylic acids is 1. The number of methoxy groups -OCH3 is 1. The highest BCUT2D eigenvalue weighted by Crippen LogP contribution is 2.31. The monoisotopic (exact) mass is 477 g/mol. The van der Waals surface area contributed by atoms with Crippen molar-refractivity contribution in [1.29, 1.82) is 0 Å². The molecule has 0 atom stereocenters. The SMILES string of the molecule is COc1ccc(CC(=O)CN(C)c2nc(-c3cc(OCC(C)(C)O)ccn3)nc3c2CCC3)cn1. The van der Waals surface area contributed by atoms with Crippen molar-refractivity contribution in [3.63, 3.8) is 0 Å². The lowest BCUT2D eigenvalue weighted by atomic mass is 10.1. The summed E-state index contributed by atoms with van der Waals surface area (Å²) in [6, 6.07) is 7.11. The number of pyridine rings is 2. The molecular weight excluding hydrogens is 446 g/mol. The third-order valence-electron chi connectivity index (χ3n) is 5.65. The summed E-state index contributed by atoms with van der Waals surface area (Å²) in [5.41, 5.74) is 2.55. The van der Waals surface area contributed by atoms with Gasteiger partial charge >= 0.3 is 0 Å². The Morgan fingerprint density at radius 2 is 2.00 bits per heavy atom. The highest BCUT2D eigenvalue weighted by atomic mass is 16.5. The zero-order valence-corrected chi connectivity index (χ0v) is 20.6. The second-order valence-corrected chi connectivity index (χ2v) is 9.41. The Morgan fingerprint density at radius 3 is 2.71 bits per heavy atom. The number of carbonyl (C=O) groups is 1. The second kappa shape index (κ2) is 10.4. The molecule has 0 spiro atoms. The summed E-state index contributed by atoms with van der Waals surface area (Å²) < 4.78 is 10.8. The first-order valence-corrected chi connectivity index (χ1v) is 11.6. The van der Waals surface area contributed by atoms with Crippen molar-refractivity contribution >= 4 is 11.6 Å². The fourth-order valence-corrected chi connectivity index (χ4v) is 3.99. The number of likely N-dealkylation sites (N-methyl/N-ethyl adjacent to an activating group) is 1. The van der Waals surface area contributed by atoms with Crippen molar-refractivity contribution in [2.75, 3.05) is 32.2 Å². The van der Waals surface area contributed by atoms with Crippen LogP contribution in [0.25, 0.3) is 11.5 Å². The van der Waals surface area contributed by atoms with Gasteiger partial charge in [0.05, 0.1) is 19.3 Å². The minimum atomic E-state index is -0.947. The molecule has 1 aliphatic carbocycles. The summed E-state index contributed by atoms with van der Waals surface area (Å²) in [5, 5.41) is 9.95. The van der Waals surface area contributed by atoms with Crippen molar-refractivity contribution in [2.24, 2.45) is 0 Å². The van der Waals surface area contributed by atoms with Crippen LogP contribution in [-0.4, -0.2) is 63.7 Å². The number of rotatable bonds is 10. The van der Waals surface area contributed by atoms with Crippen LogP contribution in [0.2, 0.25) is 0 Å². The van der Waals surface area contributed by atoms with Crippen LogP contribution in [0.3, 0.4) is 0 Å². The molecule has 0 aliphatic heterocycles. The number of anilines is 1. The Morgan fingerprint density at radius 1 is 1.17 bits per heavy atom. The quantitative estimate of drug-likeness (QED) is 0.471. The third kappa shape index (κ3) is 6.30. The number of aryl methyl sites for hydroxylation is 1. The van der Waals surface area contributed by atoms with Gasteiger partial charge in [-0.2, -0.15) is 0 Å². The van der Waals surface area contributed by atoms with Crippen LogP contribution in [0.1, 0.15) is 37.1 Å². The second-order valence-electron chi connectivity index (χ2n) is 9.41. The van der Waals surface area contributed by atoms with Crippen LogP contribution in [-0.2, 0) is 24.1 Å². The highest BCUT2D eigenvalue weighted by Gasteiger charge is 2.24. The van der Waals surface area contributed by atoms with E-state index in [2.05, 4.69) is 9.97 Å². The van der Waals surface area contributed by atoms with Crippen molar-refractivity contribution < 1.29 is 19.4 Å². The molecule has 0 unspecified atom stereocenters. The van der Waals surface area contributed by atoms with E-state index in [1.165, 1.54) is 0 Å². The number of aliphatic hydroxyl groups is 1. The number of fused-ring (bicyclic) bond motifs is 1. The predicted molar refractivity (Wildman–Crippen MR) is 132 cm³/mol. The van der Waals surface area contributed by atoms with Crippen molar-refractivity contribution in [1.82, 2.24) is 19.9 Å². The van der Waals surface area contributed by atoms with Gasteiger partial charge in [-0.25, -0.2) is 15.0 Å². The topological polar surface area (TPSA) is 111 Å². The molecule has 0 aromatic carbocycles. The van der Waals surface area contributed by atoms with Gasteiger partial charge in [-0.15, -0.1) is 0 Å². The lowest BCUT2D eigenvalue weighted by molar-refractivity contribution is -0.117. The first-order chi connectivity index (χ1) is 16.7. The molecule has 0 radical (unpaired) electrons. The van der Waals surface area contributed by atoms with E-state index in [0.29, 0.717) is 23.1 Å². The molecular formula is C26H31N5O4. The first-order valence-electron chi connectivity index (χ1n) is 11.6. The number of Topliss-reactive ketones (excluding diaryl/α,β-unsaturated/α-hetero) is 1. The third-order valence-corrected chi connectivity index (χ3v) is 5.65. The molecule has 0 amide bonds. The summed E-state index contributed by atoms with van der Waals surface area (Å²) in [7, 11) is 3.44. The standard InChI is InChI=1S/C26H31N5O4/c1-26(2,33)16-35-19-10-11-27-22(13-19)24-29-21-7-5-6-20(21)25(30-24)31(3)15-18(32)12-17-8-9-23(34-4)28-14-17/h8-11,13-14,33H,5-7,12,15-16H2,1-4H3. The zero-order chi connectivity index (χ0) is 25.0. The van der Waals surface area contributed by atoms with Gasteiger partial charge in [0.1, 0.15) is 23.9 Å². The number of aromatic nitrogens is 4. The molecule has 1 aliphatic rings. The molecule has 0 fully saturated rings. The normalized spacial score (nSPS) is 12.8. The van der Waals surface area contributed by atoms with E-state index in [-0.39, 0.29) is 25.4 Å². The predicted octanol–water partition coefficient (Wildman–Crippen LogP) is 2.83. The lowest BCUT2D eigenvalue weighted by Crippen LogP contribution is -2.29. The Balaban J connectivity index is 1.53. The fourth-order valence-electron chi connectivity index (χ4n) is 3.99. The minimum absolute atomic E-state index is 0.0616. The van der Waals surface area contributed by atoms with Crippen LogP contribution in [0.4, 0.5) is 5.82 Å². The maximum atomic E-state index is 12.8.